The Morgan fingerprint density at radius 3 is 2.79 bits per heavy atom. The van der Waals surface area contributed by atoms with E-state index in [1.165, 1.54) is 0 Å². The molecular weight excluding hydrogens is 374 g/mol. The van der Waals surface area contributed by atoms with E-state index in [-0.39, 0.29) is 25.2 Å². The molecule has 2 aromatic heterocycles. The average Bonchev–Trinajstić information content (AvgIpc) is 3.31. The lowest BCUT2D eigenvalue weighted by molar-refractivity contribution is -0.139. The van der Waals surface area contributed by atoms with Crippen LogP contribution in [0.15, 0.2) is 39.4 Å². The highest BCUT2D eigenvalue weighted by molar-refractivity contribution is 5.78. The molecule has 1 atom stereocenters. The van der Waals surface area contributed by atoms with Gasteiger partial charge in [0.15, 0.2) is 11.6 Å². The minimum atomic E-state index is -0.222. The fraction of sp³-hybridized carbons (Fsp3) is 0.450. The number of likely N-dealkylation sites (tertiary alicyclic amines) is 1. The SMILES string of the molecule is Cc1noc(COCC(=O)N2CCCCC[C@H]2c2noc(-c3ccccc3)n2)n1. The second-order valence-electron chi connectivity index (χ2n) is 7.00. The van der Waals surface area contributed by atoms with Crippen molar-refractivity contribution in [1.29, 1.82) is 0 Å². The first kappa shape index (κ1) is 19.3. The van der Waals surface area contributed by atoms with Crippen LogP contribution in [0.25, 0.3) is 11.5 Å². The zero-order chi connectivity index (χ0) is 20.1. The molecule has 0 N–H and O–H groups in total. The normalized spacial score (nSPS) is 17.3. The van der Waals surface area contributed by atoms with E-state index in [9.17, 15) is 4.79 Å². The van der Waals surface area contributed by atoms with Crippen molar-refractivity contribution in [3.63, 3.8) is 0 Å². The molecule has 0 saturated carbocycles. The van der Waals surface area contributed by atoms with Crippen LogP contribution >= 0.6 is 0 Å². The van der Waals surface area contributed by atoms with Gasteiger partial charge in [0.25, 0.3) is 11.8 Å². The number of rotatable bonds is 6. The summed E-state index contributed by atoms with van der Waals surface area (Å²) >= 11 is 0. The van der Waals surface area contributed by atoms with Gasteiger partial charge in [0, 0.05) is 12.1 Å². The van der Waals surface area contributed by atoms with Crippen LogP contribution in [0.4, 0.5) is 0 Å². The minimum absolute atomic E-state index is 0.0681. The molecule has 1 fully saturated rings. The molecule has 3 aromatic rings. The van der Waals surface area contributed by atoms with Gasteiger partial charge in [-0.25, -0.2) is 0 Å². The molecule has 9 heteroatoms. The highest BCUT2D eigenvalue weighted by Crippen LogP contribution is 2.30. The fourth-order valence-corrected chi connectivity index (χ4v) is 3.45. The molecule has 0 radical (unpaired) electrons. The van der Waals surface area contributed by atoms with Crippen molar-refractivity contribution in [3.8, 4) is 11.5 Å². The van der Waals surface area contributed by atoms with Gasteiger partial charge in [-0.15, -0.1) is 0 Å². The Morgan fingerprint density at radius 1 is 1.14 bits per heavy atom. The summed E-state index contributed by atoms with van der Waals surface area (Å²) < 4.78 is 16.0. The number of benzene rings is 1. The van der Waals surface area contributed by atoms with Crippen molar-refractivity contribution >= 4 is 5.91 Å². The molecule has 1 aliphatic heterocycles. The number of aryl methyl sites for hydroxylation is 1. The van der Waals surface area contributed by atoms with E-state index in [2.05, 4.69) is 20.3 Å². The van der Waals surface area contributed by atoms with Gasteiger partial charge < -0.3 is 18.7 Å². The van der Waals surface area contributed by atoms with Gasteiger partial charge in [-0.3, -0.25) is 4.79 Å². The summed E-state index contributed by atoms with van der Waals surface area (Å²) in [6.45, 7) is 2.41. The van der Waals surface area contributed by atoms with E-state index in [1.54, 1.807) is 11.8 Å². The molecule has 29 heavy (non-hydrogen) atoms. The van der Waals surface area contributed by atoms with Crippen molar-refractivity contribution < 1.29 is 18.6 Å². The van der Waals surface area contributed by atoms with Crippen LogP contribution in [0.5, 0.6) is 0 Å². The van der Waals surface area contributed by atoms with Crippen LogP contribution in [-0.2, 0) is 16.1 Å². The van der Waals surface area contributed by atoms with E-state index in [0.717, 1.165) is 31.2 Å². The van der Waals surface area contributed by atoms with Gasteiger partial charge >= 0.3 is 0 Å². The largest absolute Gasteiger partial charge is 0.362 e. The molecule has 1 aliphatic rings. The quantitative estimate of drug-likeness (QED) is 0.624. The summed E-state index contributed by atoms with van der Waals surface area (Å²) in [4.78, 5) is 23.3. The molecule has 0 unspecified atom stereocenters. The van der Waals surface area contributed by atoms with Gasteiger partial charge in [0.05, 0.1) is 6.04 Å². The monoisotopic (exact) mass is 397 g/mol. The minimum Gasteiger partial charge on any atom is -0.362 e. The molecule has 3 heterocycles. The average molecular weight is 397 g/mol. The topological polar surface area (TPSA) is 107 Å². The summed E-state index contributed by atoms with van der Waals surface area (Å²) in [5, 5.41) is 7.87. The van der Waals surface area contributed by atoms with Crippen LogP contribution in [-0.4, -0.2) is 44.2 Å². The van der Waals surface area contributed by atoms with Gasteiger partial charge in [0.2, 0.25) is 5.91 Å². The Labute approximate surface area is 168 Å². The number of carbonyl (C=O) groups excluding carboxylic acids is 1. The summed E-state index contributed by atoms with van der Waals surface area (Å²) in [6, 6.07) is 9.38. The lowest BCUT2D eigenvalue weighted by Crippen LogP contribution is -2.37. The number of hydrogen-bond acceptors (Lipinski definition) is 8. The summed E-state index contributed by atoms with van der Waals surface area (Å²) in [6.07, 6.45) is 3.80. The Bertz CT molecular complexity index is 939. The van der Waals surface area contributed by atoms with Gasteiger partial charge in [-0.2, -0.15) is 9.97 Å². The molecule has 0 bridgehead atoms. The fourth-order valence-electron chi connectivity index (χ4n) is 3.45. The second-order valence-corrected chi connectivity index (χ2v) is 7.00. The highest BCUT2D eigenvalue weighted by atomic mass is 16.5. The maximum absolute atomic E-state index is 12.9. The third-order valence-electron chi connectivity index (χ3n) is 4.85. The van der Waals surface area contributed by atoms with Crippen LogP contribution in [0, 0.1) is 6.92 Å². The zero-order valence-electron chi connectivity index (χ0n) is 16.3. The third-order valence-corrected chi connectivity index (χ3v) is 4.85. The van der Waals surface area contributed by atoms with Gasteiger partial charge in [0.1, 0.15) is 13.2 Å². The van der Waals surface area contributed by atoms with Crippen molar-refractivity contribution in [3.05, 3.63) is 47.9 Å². The van der Waals surface area contributed by atoms with Crippen molar-refractivity contribution in [2.24, 2.45) is 0 Å². The first-order chi connectivity index (χ1) is 14.2. The number of aromatic nitrogens is 4. The highest BCUT2D eigenvalue weighted by Gasteiger charge is 2.30. The Morgan fingerprint density at radius 2 is 2.00 bits per heavy atom. The molecule has 1 aromatic carbocycles. The molecule has 152 valence electrons. The maximum atomic E-state index is 12.9. The van der Waals surface area contributed by atoms with Crippen molar-refractivity contribution in [2.75, 3.05) is 13.2 Å². The lowest BCUT2D eigenvalue weighted by atomic mass is 10.1. The molecule has 4 rings (SSSR count). The molecule has 0 spiro atoms. The van der Waals surface area contributed by atoms with Crippen LogP contribution in [0.1, 0.15) is 49.3 Å². The first-order valence-corrected chi connectivity index (χ1v) is 9.76. The van der Waals surface area contributed by atoms with Crippen molar-refractivity contribution in [1.82, 2.24) is 25.2 Å². The predicted octanol–water partition coefficient (Wildman–Crippen LogP) is 3.09. The predicted molar refractivity (Wildman–Crippen MR) is 101 cm³/mol. The van der Waals surface area contributed by atoms with Crippen LogP contribution in [0.3, 0.4) is 0 Å². The smallest absolute Gasteiger partial charge is 0.257 e. The molecule has 1 amide bonds. The molecule has 9 nitrogen and oxygen atoms in total. The summed E-state index contributed by atoms with van der Waals surface area (Å²) in [7, 11) is 0. The van der Waals surface area contributed by atoms with Crippen LogP contribution in [0.2, 0.25) is 0 Å². The Kier molecular flexibility index (Phi) is 5.95. The number of ether oxygens (including phenoxy) is 1. The number of hydrogen-bond donors (Lipinski definition) is 0. The molecule has 1 saturated heterocycles. The lowest BCUT2D eigenvalue weighted by Gasteiger charge is -2.27. The maximum Gasteiger partial charge on any atom is 0.257 e. The number of amides is 1. The molecular formula is C20H23N5O4. The number of nitrogens with zero attached hydrogens (tertiary/aromatic N) is 5. The van der Waals surface area contributed by atoms with Gasteiger partial charge in [-0.1, -0.05) is 41.4 Å². The van der Waals surface area contributed by atoms with Crippen molar-refractivity contribution in [2.45, 2.75) is 45.3 Å². The first-order valence-electron chi connectivity index (χ1n) is 9.76. The molecule has 0 aliphatic carbocycles. The van der Waals surface area contributed by atoms with E-state index in [0.29, 0.717) is 30.0 Å². The van der Waals surface area contributed by atoms with E-state index in [4.69, 9.17) is 13.8 Å². The number of carbonyl (C=O) groups is 1. The van der Waals surface area contributed by atoms with E-state index >= 15 is 0 Å². The van der Waals surface area contributed by atoms with E-state index in [1.807, 2.05) is 30.3 Å². The van der Waals surface area contributed by atoms with Gasteiger partial charge in [-0.05, 0) is 31.9 Å². The third kappa shape index (κ3) is 4.68. The summed E-state index contributed by atoms with van der Waals surface area (Å²) in [5.41, 5.74) is 0.857. The Hall–Kier alpha value is -3.07. The Balaban J connectivity index is 1.44. The van der Waals surface area contributed by atoms with Crippen LogP contribution < -0.4 is 0 Å². The summed E-state index contributed by atoms with van der Waals surface area (Å²) in [5.74, 6) is 1.77. The second kappa shape index (κ2) is 8.95. The standard InChI is InChI=1S/C20H23N5O4/c1-14-21-17(28-23-14)12-27-13-18(26)25-11-7-3-6-10-16(25)19-22-20(29-24-19)15-8-4-2-5-9-15/h2,4-5,8-9,16H,3,6-7,10-13H2,1H3/t16-/m0/s1. The zero-order valence-corrected chi connectivity index (χ0v) is 16.3. The van der Waals surface area contributed by atoms with E-state index < -0.39 is 0 Å².